The Bertz CT molecular complexity index is 1010. The van der Waals surface area contributed by atoms with Gasteiger partial charge < -0.3 is 14.3 Å². The number of sulfone groups is 1. The number of hydrogen-bond acceptors (Lipinski definition) is 6. The van der Waals surface area contributed by atoms with E-state index in [-0.39, 0.29) is 29.0 Å². The SMILES string of the molecule is Cc1ccc(CN2CCN(C(=O)c3ccc(=O)[nH]c3)[C@@H]3CS(=O)(=O)C[C@@H]32)o1. The lowest BCUT2D eigenvalue weighted by molar-refractivity contribution is 0.0284. The second kappa shape index (κ2) is 6.65. The van der Waals surface area contributed by atoms with E-state index in [4.69, 9.17) is 4.42 Å². The first-order valence-electron chi connectivity index (χ1n) is 8.82. The number of aromatic nitrogens is 1. The highest BCUT2D eigenvalue weighted by Crippen LogP contribution is 2.29. The van der Waals surface area contributed by atoms with Crippen molar-refractivity contribution in [3.8, 4) is 0 Å². The average molecular weight is 391 g/mol. The van der Waals surface area contributed by atoms with Gasteiger partial charge in [-0.25, -0.2) is 8.42 Å². The molecule has 1 N–H and O–H groups in total. The maximum Gasteiger partial charge on any atom is 0.255 e. The number of nitrogens with one attached hydrogen (secondary N) is 1. The van der Waals surface area contributed by atoms with Gasteiger partial charge in [-0.1, -0.05) is 0 Å². The standard InChI is InChI=1S/C18H21N3O5S/c1-12-2-4-14(26-12)9-20-6-7-21(16-11-27(24,25)10-15(16)20)18(23)13-3-5-17(22)19-8-13/h2-5,8,15-16H,6-7,9-11H2,1H3,(H,19,22)/t15-,16+/m0/s1. The lowest BCUT2D eigenvalue weighted by Crippen LogP contribution is -2.60. The highest BCUT2D eigenvalue weighted by molar-refractivity contribution is 7.91. The van der Waals surface area contributed by atoms with E-state index < -0.39 is 15.9 Å². The quantitative estimate of drug-likeness (QED) is 0.812. The molecule has 2 aliphatic heterocycles. The van der Waals surface area contributed by atoms with E-state index >= 15 is 0 Å². The molecule has 0 spiro atoms. The molecule has 144 valence electrons. The van der Waals surface area contributed by atoms with E-state index in [0.717, 1.165) is 11.5 Å². The molecule has 1 amide bonds. The zero-order valence-corrected chi connectivity index (χ0v) is 15.7. The van der Waals surface area contributed by atoms with Crippen molar-refractivity contribution in [2.24, 2.45) is 0 Å². The Kier molecular flexibility index (Phi) is 4.43. The summed E-state index contributed by atoms with van der Waals surface area (Å²) in [6, 6.07) is 5.88. The number of amides is 1. The van der Waals surface area contributed by atoms with Crippen LogP contribution >= 0.6 is 0 Å². The van der Waals surface area contributed by atoms with Crippen LogP contribution in [0.5, 0.6) is 0 Å². The van der Waals surface area contributed by atoms with E-state index in [1.54, 1.807) is 4.90 Å². The molecule has 2 aromatic heterocycles. The third-order valence-corrected chi connectivity index (χ3v) is 6.94. The highest BCUT2D eigenvalue weighted by Gasteiger charge is 2.48. The number of carbonyl (C=O) groups excluding carboxylic acids is 1. The van der Waals surface area contributed by atoms with Gasteiger partial charge in [0.25, 0.3) is 5.91 Å². The highest BCUT2D eigenvalue weighted by atomic mass is 32.2. The molecule has 0 saturated carbocycles. The Morgan fingerprint density at radius 1 is 1.19 bits per heavy atom. The smallest absolute Gasteiger partial charge is 0.255 e. The molecule has 8 nitrogen and oxygen atoms in total. The summed E-state index contributed by atoms with van der Waals surface area (Å²) in [5.74, 6) is 1.34. The zero-order chi connectivity index (χ0) is 19.2. The third-order valence-electron chi connectivity index (χ3n) is 5.24. The van der Waals surface area contributed by atoms with Crippen LogP contribution in [0, 0.1) is 6.92 Å². The van der Waals surface area contributed by atoms with Gasteiger partial charge in [0.2, 0.25) is 5.56 Å². The number of aromatic amines is 1. The molecule has 2 atom stereocenters. The summed E-state index contributed by atoms with van der Waals surface area (Å²) in [5.41, 5.74) is 0.0687. The van der Waals surface area contributed by atoms with Gasteiger partial charge in [-0.15, -0.1) is 0 Å². The van der Waals surface area contributed by atoms with Gasteiger partial charge in [-0.05, 0) is 25.1 Å². The van der Waals surface area contributed by atoms with E-state index in [1.165, 1.54) is 18.3 Å². The van der Waals surface area contributed by atoms with E-state index in [2.05, 4.69) is 9.88 Å². The Morgan fingerprint density at radius 3 is 2.63 bits per heavy atom. The zero-order valence-electron chi connectivity index (χ0n) is 14.9. The summed E-state index contributed by atoms with van der Waals surface area (Å²) < 4.78 is 30.3. The van der Waals surface area contributed by atoms with Crippen LogP contribution in [0.3, 0.4) is 0 Å². The van der Waals surface area contributed by atoms with Gasteiger partial charge >= 0.3 is 0 Å². The summed E-state index contributed by atoms with van der Waals surface area (Å²) in [7, 11) is -3.23. The minimum absolute atomic E-state index is 0.0345. The van der Waals surface area contributed by atoms with Crippen LogP contribution in [0.2, 0.25) is 0 Å². The van der Waals surface area contributed by atoms with Gasteiger partial charge in [0, 0.05) is 31.4 Å². The predicted octanol–water partition coefficient (Wildman–Crippen LogP) is 0.400. The fourth-order valence-corrected chi connectivity index (χ4v) is 5.96. The fourth-order valence-electron chi connectivity index (χ4n) is 3.95. The molecule has 0 unspecified atom stereocenters. The van der Waals surface area contributed by atoms with E-state index in [1.807, 2.05) is 19.1 Å². The van der Waals surface area contributed by atoms with Crippen molar-refractivity contribution in [2.45, 2.75) is 25.6 Å². The molecular formula is C18H21N3O5S. The molecule has 2 aliphatic rings. The first-order valence-corrected chi connectivity index (χ1v) is 10.6. The van der Waals surface area contributed by atoms with E-state index in [0.29, 0.717) is 25.2 Å². The molecule has 2 fully saturated rings. The Balaban J connectivity index is 1.59. The maximum absolute atomic E-state index is 12.9. The molecule has 9 heteroatoms. The Hall–Kier alpha value is -2.39. The number of hydrogen-bond donors (Lipinski definition) is 1. The number of rotatable bonds is 3. The minimum Gasteiger partial charge on any atom is -0.465 e. The van der Waals surface area contributed by atoms with Crippen molar-refractivity contribution in [3.05, 3.63) is 57.9 Å². The van der Waals surface area contributed by atoms with Crippen molar-refractivity contribution in [1.82, 2.24) is 14.8 Å². The van der Waals surface area contributed by atoms with Crippen LogP contribution in [0.1, 0.15) is 21.9 Å². The summed E-state index contributed by atoms with van der Waals surface area (Å²) in [5, 5.41) is 0. The van der Waals surface area contributed by atoms with Gasteiger partial charge in [-0.2, -0.15) is 0 Å². The number of H-pyrrole nitrogens is 1. The summed E-state index contributed by atoms with van der Waals surface area (Å²) >= 11 is 0. The normalized spacial score (nSPS) is 24.7. The van der Waals surface area contributed by atoms with E-state index in [9.17, 15) is 18.0 Å². The molecule has 4 heterocycles. The van der Waals surface area contributed by atoms with Crippen molar-refractivity contribution >= 4 is 15.7 Å². The van der Waals surface area contributed by atoms with Crippen LogP contribution < -0.4 is 5.56 Å². The topological polar surface area (TPSA) is 104 Å². The van der Waals surface area contributed by atoms with Crippen molar-refractivity contribution in [1.29, 1.82) is 0 Å². The first-order chi connectivity index (χ1) is 12.8. The van der Waals surface area contributed by atoms with Crippen LogP contribution in [-0.2, 0) is 16.4 Å². The number of nitrogens with zero attached hydrogens (tertiary/aromatic N) is 2. The maximum atomic E-state index is 12.9. The van der Waals surface area contributed by atoms with Crippen LogP contribution in [0.4, 0.5) is 0 Å². The van der Waals surface area contributed by atoms with Gasteiger partial charge in [0.15, 0.2) is 9.84 Å². The predicted molar refractivity (Wildman–Crippen MR) is 98.2 cm³/mol. The molecule has 0 aliphatic carbocycles. The average Bonchev–Trinajstić information content (AvgIpc) is 3.17. The molecule has 4 rings (SSSR count). The van der Waals surface area contributed by atoms with Gasteiger partial charge in [0.05, 0.1) is 29.7 Å². The monoisotopic (exact) mass is 391 g/mol. The first kappa shape index (κ1) is 18.0. The molecule has 2 aromatic rings. The number of carbonyl (C=O) groups is 1. The summed E-state index contributed by atoms with van der Waals surface area (Å²) in [6.07, 6.45) is 1.38. The molecule has 0 bridgehead atoms. The molecule has 2 saturated heterocycles. The number of piperazine rings is 1. The number of pyridine rings is 1. The largest absolute Gasteiger partial charge is 0.465 e. The number of furan rings is 1. The molecule has 0 aromatic carbocycles. The summed E-state index contributed by atoms with van der Waals surface area (Å²) in [6.45, 7) is 3.37. The minimum atomic E-state index is -3.23. The van der Waals surface area contributed by atoms with Crippen molar-refractivity contribution < 1.29 is 17.6 Å². The Morgan fingerprint density at radius 2 is 1.96 bits per heavy atom. The molecule has 27 heavy (non-hydrogen) atoms. The van der Waals surface area contributed by atoms with Gasteiger partial charge in [-0.3, -0.25) is 14.5 Å². The third kappa shape index (κ3) is 3.57. The lowest BCUT2D eigenvalue weighted by atomic mass is 10.0. The van der Waals surface area contributed by atoms with Crippen molar-refractivity contribution in [3.63, 3.8) is 0 Å². The van der Waals surface area contributed by atoms with Crippen LogP contribution in [-0.4, -0.2) is 65.8 Å². The van der Waals surface area contributed by atoms with Gasteiger partial charge in [0.1, 0.15) is 11.5 Å². The number of aryl methyl sites for hydroxylation is 1. The molecular weight excluding hydrogens is 370 g/mol. The molecule has 0 radical (unpaired) electrons. The van der Waals surface area contributed by atoms with Crippen LogP contribution in [0.15, 0.2) is 39.7 Å². The fraction of sp³-hybridized carbons (Fsp3) is 0.444. The van der Waals surface area contributed by atoms with Crippen molar-refractivity contribution in [2.75, 3.05) is 24.6 Å². The summed E-state index contributed by atoms with van der Waals surface area (Å²) in [4.78, 5) is 30.4. The second-order valence-corrected chi connectivity index (χ2v) is 9.29. The number of fused-ring (bicyclic) bond motifs is 1. The second-order valence-electron chi connectivity index (χ2n) is 7.13. The van der Waals surface area contributed by atoms with Crippen LogP contribution in [0.25, 0.3) is 0 Å². The Labute approximate surface area is 156 Å². The lowest BCUT2D eigenvalue weighted by Gasteiger charge is -2.43.